The number of aliphatic carboxylic acids is 2. The minimum Gasteiger partial charge on any atom is -0.473 e. The number of hydrogen-bond donors (Lipinski definition) is 3. The van der Waals surface area contributed by atoms with Gasteiger partial charge in [0.15, 0.2) is 0 Å². The Bertz CT molecular complexity index is 786. The lowest BCUT2D eigenvalue weighted by Gasteiger charge is -2.30. The van der Waals surface area contributed by atoms with E-state index in [9.17, 15) is 0 Å². The third kappa shape index (κ3) is 4.37. The number of nitrogens with one attached hydrogen (secondary N) is 1. The Hall–Kier alpha value is -2.85. The number of carbonyl (C=O) groups is 2. The van der Waals surface area contributed by atoms with Crippen molar-refractivity contribution in [2.75, 3.05) is 19.6 Å². The Morgan fingerprint density at radius 1 is 1.28 bits per heavy atom. The highest BCUT2D eigenvalue weighted by Gasteiger charge is 2.22. The van der Waals surface area contributed by atoms with Crippen LogP contribution in [0.2, 0.25) is 0 Å². The summed E-state index contributed by atoms with van der Waals surface area (Å²) in [7, 11) is 0. The van der Waals surface area contributed by atoms with Gasteiger partial charge >= 0.3 is 11.9 Å². The SMILES string of the molecule is CCN1CCC(c2c[nH]c3c(C#N)cccc23)CC1.O=C(O)C(=O)O. The van der Waals surface area contributed by atoms with E-state index in [1.165, 1.54) is 36.9 Å². The molecule has 7 nitrogen and oxygen atoms in total. The summed E-state index contributed by atoms with van der Waals surface area (Å²) < 4.78 is 0. The molecule has 0 bridgehead atoms. The summed E-state index contributed by atoms with van der Waals surface area (Å²) in [6, 6.07) is 8.26. The average Bonchev–Trinajstić information content (AvgIpc) is 3.06. The lowest BCUT2D eigenvalue weighted by molar-refractivity contribution is -0.159. The molecule has 0 spiro atoms. The van der Waals surface area contributed by atoms with Gasteiger partial charge in [-0.25, -0.2) is 9.59 Å². The number of benzene rings is 1. The van der Waals surface area contributed by atoms with Crippen LogP contribution in [-0.4, -0.2) is 51.7 Å². The Labute approximate surface area is 145 Å². The topological polar surface area (TPSA) is 117 Å². The second kappa shape index (κ2) is 8.31. The van der Waals surface area contributed by atoms with Crippen molar-refractivity contribution in [2.24, 2.45) is 0 Å². The van der Waals surface area contributed by atoms with Crippen molar-refractivity contribution >= 4 is 22.8 Å². The number of nitriles is 1. The lowest BCUT2D eigenvalue weighted by Crippen LogP contribution is -2.32. The fourth-order valence-corrected chi connectivity index (χ4v) is 3.17. The maximum absolute atomic E-state index is 9.15. The van der Waals surface area contributed by atoms with Crippen LogP contribution >= 0.6 is 0 Å². The third-order valence-corrected chi connectivity index (χ3v) is 4.53. The average molecular weight is 343 g/mol. The number of aromatic nitrogens is 1. The standard InChI is InChI=1S/C16H19N3.C2H2O4/c1-2-19-8-6-12(7-9-19)15-11-18-16-13(10-17)4-3-5-14(15)16;3-1(4)2(5)6/h3-5,11-12,18H,2,6-9H2,1H3;(H,3,4)(H,5,6). The molecule has 7 heteroatoms. The largest absolute Gasteiger partial charge is 0.473 e. The third-order valence-electron chi connectivity index (χ3n) is 4.53. The van der Waals surface area contributed by atoms with Gasteiger partial charge < -0.3 is 20.1 Å². The molecular weight excluding hydrogens is 322 g/mol. The molecule has 1 aliphatic heterocycles. The van der Waals surface area contributed by atoms with E-state index in [-0.39, 0.29) is 0 Å². The predicted octanol–water partition coefficient (Wildman–Crippen LogP) is 2.39. The smallest absolute Gasteiger partial charge is 0.414 e. The first-order valence-corrected chi connectivity index (χ1v) is 8.16. The molecule has 3 N–H and O–H groups in total. The predicted molar refractivity (Wildman–Crippen MR) is 92.4 cm³/mol. The Morgan fingerprint density at radius 3 is 2.44 bits per heavy atom. The number of carboxylic acid groups (broad SMARTS) is 2. The Balaban J connectivity index is 0.000000326. The summed E-state index contributed by atoms with van der Waals surface area (Å²) in [5.41, 5.74) is 3.13. The van der Waals surface area contributed by atoms with Crippen LogP contribution in [0.15, 0.2) is 24.4 Å². The number of carboxylic acids is 2. The molecule has 2 aromatic rings. The van der Waals surface area contributed by atoms with E-state index in [0.29, 0.717) is 5.92 Å². The van der Waals surface area contributed by atoms with Crippen LogP contribution in [0.1, 0.15) is 36.8 Å². The van der Waals surface area contributed by atoms with Gasteiger partial charge in [-0.15, -0.1) is 0 Å². The summed E-state index contributed by atoms with van der Waals surface area (Å²) in [4.78, 5) is 24.0. The second-order valence-corrected chi connectivity index (χ2v) is 5.90. The van der Waals surface area contributed by atoms with Crippen molar-refractivity contribution in [3.05, 3.63) is 35.5 Å². The van der Waals surface area contributed by atoms with Crippen LogP contribution in [0.5, 0.6) is 0 Å². The molecule has 1 aliphatic rings. The number of fused-ring (bicyclic) bond motifs is 1. The molecule has 1 aromatic heterocycles. The normalized spacial score (nSPS) is 15.2. The molecular formula is C18H21N3O4. The van der Waals surface area contributed by atoms with Gasteiger partial charge in [-0.3, -0.25) is 0 Å². The molecule has 0 saturated carbocycles. The van der Waals surface area contributed by atoms with Crippen molar-refractivity contribution in [2.45, 2.75) is 25.7 Å². The van der Waals surface area contributed by atoms with Crippen LogP contribution in [0.25, 0.3) is 10.9 Å². The number of piperidine rings is 1. The molecule has 0 amide bonds. The van der Waals surface area contributed by atoms with E-state index >= 15 is 0 Å². The summed E-state index contributed by atoms with van der Waals surface area (Å²) in [6.07, 6.45) is 4.55. The molecule has 1 aromatic carbocycles. The van der Waals surface area contributed by atoms with Gasteiger partial charge in [-0.05, 0) is 50.0 Å². The monoisotopic (exact) mass is 343 g/mol. The zero-order valence-electron chi connectivity index (χ0n) is 14.0. The summed E-state index contributed by atoms with van der Waals surface area (Å²) >= 11 is 0. The highest BCUT2D eigenvalue weighted by Crippen LogP contribution is 2.33. The number of likely N-dealkylation sites (tertiary alicyclic amines) is 1. The number of nitrogens with zero attached hydrogens (tertiary/aromatic N) is 2. The maximum atomic E-state index is 9.15. The van der Waals surface area contributed by atoms with E-state index in [4.69, 9.17) is 25.1 Å². The number of rotatable bonds is 2. The molecule has 132 valence electrons. The number of para-hydroxylation sites is 1. The first-order valence-electron chi connectivity index (χ1n) is 8.16. The Morgan fingerprint density at radius 2 is 1.92 bits per heavy atom. The van der Waals surface area contributed by atoms with E-state index < -0.39 is 11.9 Å². The van der Waals surface area contributed by atoms with E-state index in [1.807, 2.05) is 12.1 Å². The molecule has 1 fully saturated rings. The van der Waals surface area contributed by atoms with Crippen molar-refractivity contribution in [3.8, 4) is 6.07 Å². The van der Waals surface area contributed by atoms with Gasteiger partial charge in [-0.2, -0.15) is 5.26 Å². The number of H-pyrrole nitrogens is 1. The van der Waals surface area contributed by atoms with Crippen LogP contribution < -0.4 is 0 Å². The second-order valence-electron chi connectivity index (χ2n) is 5.90. The lowest BCUT2D eigenvalue weighted by atomic mass is 9.89. The van der Waals surface area contributed by atoms with E-state index in [2.05, 4.69) is 35.1 Å². The summed E-state index contributed by atoms with van der Waals surface area (Å²) in [5.74, 6) is -3.02. The molecule has 25 heavy (non-hydrogen) atoms. The zero-order chi connectivity index (χ0) is 18.4. The molecule has 0 radical (unpaired) electrons. The fourth-order valence-electron chi connectivity index (χ4n) is 3.17. The highest BCUT2D eigenvalue weighted by atomic mass is 16.4. The minimum absolute atomic E-state index is 0.630. The quantitative estimate of drug-likeness (QED) is 0.721. The van der Waals surface area contributed by atoms with Crippen LogP contribution in [0.4, 0.5) is 0 Å². The van der Waals surface area contributed by atoms with Gasteiger partial charge in [0.05, 0.1) is 11.1 Å². The minimum atomic E-state index is -1.82. The van der Waals surface area contributed by atoms with Crippen molar-refractivity contribution in [1.29, 1.82) is 5.26 Å². The Kier molecular flexibility index (Phi) is 6.14. The van der Waals surface area contributed by atoms with Gasteiger partial charge in [-0.1, -0.05) is 19.1 Å². The van der Waals surface area contributed by atoms with Crippen LogP contribution in [0, 0.1) is 11.3 Å². The van der Waals surface area contributed by atoms with Crippen molar-refractivity contribution < 1.29 is 19.8 Å². The summed E-state index contributed by atoms with van der Waals surface area (Å²) in [5, 5.41) is 25.2. The van der Waals surface area contributed by atoms with Crippen molar-refractivity contribution in [1.82, 2.24) is 9.88 Å². The van der Waals surface area contributed by atoms with Crippen LogP contribution in [0.3, 0.4) is 0 Å². The highest BCUT2D eigenvalue weighted by molar-refractivity contribution is 6.27. The van der Waals surface area contributed by atoms with E-state index in [1.54, 1.807) is 0 Å². The first-order chi connectivity index (χ1) is 12.0. The molecule has 3 rings (SSSR count). The van der Waals surface area contributed by atoms with Gasteiger partial charge in [0.2, 0.25) is 0 Å². The number of hydrogen-bond acceptors (Lipinski definition) is 4. The fraction of sp³-hybridized carbons (Fsp3) is 0.389. The van der Waals surface area contributed by atoms with Gasteiger partial charge in [0.25, 0.3) is 0 Å². The zero-order valence-corrected chi connectivity index (χ0v) is 14.0. The molecule has 0 unspecified atom stereocenters. The molecule has 2 heterocycles. The van der Waals surface area contributed by atoms with E-state index in [0.717, 1.165) is 17.6 Å². The molecule has 1 saturated heterocycles. The maximum Gasteiger partial charge on any atom is 0.414 e. The van der Waals surface area contributed by atoms with Crippen LogP contribution in [-0.2, 0) is 9.59 Å². The first kappa shape index (κ1) is 18.5. The number of aromatic amines is 1. The van der Waals surface area contributed by atoms with Gasteiger partial charge in [0, 0.05) is 11.6 Å². The van der Waals surface area contributed by atoms with Crippen molar-refractivity contribution in [3.63, 3.8) is 0 Å². The molecule has 0 atom stereocenters. The van der Waals surface area contributed by atoms with Gasteiger partial charge in [0.1, 0.15) is 6.07 Å². The molecule has 0 aliphatic carbocycles. The summed E-state index contributed by atoms with van der Waals surface area (Å²) in [6.45, 7) is 5.75.